The van der Waals surface area contributed by atoms with Crippen LogP contribution in [-0.4, -0.2) is 72.6 Å². The maximum absolute atomic E-state index is 16.2. The topological polar surface area (TPSA) is 56.3 Å². The van der Waals surface area contributed by atoms with Gasteiger partial charge in [0.25, 0.3) is 6.43 Å². The molecule has 0 amide bonds. The van der Waals surface area contributed by atoms with Crippen LogP contribution in [0, 0.1) is 17.0 Å². The highest BCUT2D eigenvalue weighted by atomic mass is 19.3. The SMILES string of the molecule is C[C@@H]1Cc2cc(OCc3ccccc3)ccc2C(c2c(F)cc(N3CCCC4(CCN(CC(=O)O)C4)CC3)cc2F)N1CC(F)F. The molecule has 246 valence electrons. The van der Waals surface area contributed by atoms with Crippen molar-refractivity contribution >= 4 is 11.7 Å². The standard InChI is InChI=1S/C36H41F4N3O3/c1-24-16-26-17-28(46-22-25-6-3-2-4-7-25)8-9-29(26)35(43(24)20-32(39)40)34-30(37)18-27(19-31(34)38)42-13-5-10-36(12-15-42)11-14-41(23-36)21-33(44)45/h2-4,6-9,17-19,24,32,35H,5,10-16,20-23H2,1H3,(H,44,45)/t24-,35?,36?/m1/s1. The van der Waals surface area contributed by atoms with Crippen LogP contribution in [-0.2, 0) is 17.8 Å². The summed E-state index contributed by atoms with van der Waals surface area (Å²) in [5.74, 6) is -1.73. The maximum atomic E-state index is 16.2. The van der Waals surface area contributed by atoms with E-state index in [0.717, 1.165) is 43.4 Å². The molecule has 0 bridgehead atoms. The quantitative estimate of drug-likeness (QED) is 0.257. The molecule has 6 rings (SSSR count). The minimum Gasteiger partial charge on any atom is -0.489 e. The summed E-state index contributed by atoms with van der Waals surface area (Å²) in [4.78, 5) is 16.7. The number of benzene rings is 3. The summed E-state index contributed by atoms with van der Waals surface area (Å²) in [7, 11) is 0. The van der Waals surface area contributed by atoms with Crippen LogP contribution >= 0.6 is 0 Å². The van der Waals surface area contributed by atoms with Crippen molar-refractivity contribution in [3.8, 4) is 5.75 Å². The molecule has 0 aromatic heterocycles. The van der Waals surface area contributed by atoms with E-state index >= 15 is 8.78 Å². The molecular weight excluding hydrogens is 598 g/mol. The Balaban J connectivity index is 1.26. The monoisotopic (exact) mass is 639 g/mol. The summed E-state index contributed by atoms with van der Waals surface area (Å²) in [5.41, 5.74) is 2.64. The summed E-state index contributed by atoms with van der Waals surface area (Å²) in [6, 6.07) is 16.4. The van der Waals surface area contributed by atoms with Gasteiger partial charge in [-0.3, -0.25) is 14.6 Å². The molecule has 2 saturated heterocycles. The van der Waals surface area contributed by atoms with Gasteiger partial charge in [-0.05, 0) is 91.9 Å². The summed E-state index contributed by atoms with van der Waals surface area (Å²) < 4.78 is 66.1. The maximum Gasteiger partial charge on any atom is 0.317 e. The van der Waals surface area contributed by atoms with Crippen LogP contribution in [0.5, 0.6) is 5.75 Å². The molecule has 3 aromatic rings. The number of anilines is 1. The van der Waals surface area contributed by atoms with Gasteiger partial charge in [-0.2, -0.15) is 0 Å². The predicted molar refractivity (Wildman–Crippen MR) is 168 cm³/mol. The molecule has 0 saturated carbocycles. The van der Waals surface area contributed by atoms with Crippen molar-refractivity contribution in [1.29, 1.82) is 0 Å². The van der Waals surface area contributed by atoms with Gasteiger partial charge in [0, 0.05) is 36.9 Å². The van der Waals surface area contributed by atoms with Gasteiger partial charge in [-0.25, -0.2) is 17.6 Å². The summed E-state index contributed by atoms with van der Waals surface area (Å²) in [6.45, 7) is 4.28. The molecule has 3 heterocycles. The summed E-state index contributed by atoms with van der Waals surface area (Å²) in [5, 5.41) is 9.21. The fourth-order valence-electron chi connectivity index (χ4n) is 7.78. The molecule has 1 N–H and O–H groups in total. The second kappa shape index (κ2) is 13.6. The number of hydrogen-bond donors (Lipinski definition) is 1. The molecule has 3 aromatic carbocycles. The molecule has 0 radical (unpaired) electrons. The summed E-state index contributed by atoms with van der Waals surface area (Å²) >= 11 is 0. The first kappa shape index (κ1) is 32.3. The minimum atomic E-state index is -2.67. The Morgan fingerprint density at radius 1 is 1.00 bits per heavy atom. The van der Waals surface area contributed by atoms with Crippen molar-refractivity contribution < 1.29 is 32.2 Å². The molecule has 2 unspecified atom stereocenters. The van der Waals surface area contributed by atoms with Crippen molar-refractivity contribution in [2.75, 3.05) is 44.2 Å². The Hall–Kier alpha value is -3.63. The zero-order chi connectivity index (χ0) is 32.4. The van der Waals surface area contributed by atoms with Crippen LogP contribution in [0.3, 0.4) is 0 Å². The van der Waals surface area contributed by atoms with Crippen LogP contribution in [0.25, 0.3) is 0 Å². The lowest BCUT2D eigenvalue weighted by Crippen LogP contribution is -2.45. The zero-order valence-corrected chi connectivity index (χ0v) is 26.1. The van der Waals surface area contributed by atoms with Crippen LogP contribution in [0.15, 0.2) is 60.7 Å². The molecule has 1 spiro atoms. The van der Waals surface area contributed by atoms with Crippen molar-refractivity contribution in [2.45, 2.75) is 64.1 Å². The third-order valence-corrected chi connectivity index (χ3v) is 10.0. The first-order valence-corrected chi connectivity index (χ1v) is 16.1. The lowest BCUT2D eigenvalue weighted by atomic mass is 9.80. The second-order valence-corrected chi connectivity index (χ2v) is 13.2. The van der Waals surface area contributed by atoms with Gasteiger partial charge in [0.15, 0.2) is 0 Å². The average Bonchev–Trinajstić information content (AvgIpc) is 3.27. The number of alkyl halides is 2. The molecule has 3 aliphatic rings. The highest BCUT2D eigenvalue weighted by molar-refractivity contribution is 5.69. The van der Waals surface area contributed by atoms with Gasteiger partial charge in [0.1, 0.15) is 24.0 Å². The number of likely N-dealkylation sites (tertiary alicyclic amines) is 1. The molecular formula is C36H41F4N3O3. The average molecular weight is 640 g/mol. The van der Waals surface area contributed by atoms with Gasteiger partial charge in [-0.15, -0.1) is 0 Å². The fraction of sp³-hybridized carbons (Fsp3) is 0.472. The molecule has 3 aliphatic heterocycles. The number of carbonyl (C=O) groups is 1. The molecule has 2 fully saturated rings. The third kappa shape index (κ3) is 7.03. The van der Waals surface area contributed by atoms with E-state index in [1.54, 1.807) is 12.1 Å². The number of carboxylic acids is 1. The fourth-order valence-corrected chi connectivity index (χ4v) is 7.78. The number of aliphatic carboxylic acids is 1. The third-order valence-electron chi connectivity index (χ3n) is 10.0. The Labute approximate surface area is 267 Å². The van der Waals surface area contributed by atoms with E-state index < -0.39 is 36.6 Å². The van der Waals surface area contributed by atoms with E-state index in [1.807, 2.05) is 53.1 Å². The summed E-state index contributed by atoms with van der Waals surface area (Å²) in [6.07, 6.45) is 1.25. The van der Waals surface area contributed by atoms with E-state index in [0.29, 0.717) is 49.7 Å². The Morgan fingerprint density at radius 2 is 1.74 bits per heavy atom. The van der Waals surface area contributed by atoms with Gasteiger partial charge < -0.3 is 14.7 Å². The number of carboxylic acid groups (broad SMARTS) is 1. The number of ether oxygens (including phenoxy) is 1. The molecule has 0 aliphatic carbocycles. The largest absolute Gasteiger partial charge is 0.489 e. The molecule has 46 heavy (non-hydrogen) atoms. The van der Waals surface area contributed by atoms with E-state index in [9.17, 15) is 18.7 Å². The molecule has 3 atom stereocenters. The smallest absolute Gasteiger partial charge is 0.317 e. The van der Waals surface area contributed by atoms with Crippen molar-refractivity contribution in [2.24, 2.45) is 5.41 Å². The number of rotatable bonds is 9. The zero-order valence-electron chi connectivity index (χ0n) is 26.1. The van der Waals surface area contributed by atoms with Crippen LogP contribution in [0.2, 0.25) is 0 Å². The number of nitrogens with zero attached hydrogens (tertiary/aromatic N) is 3. The number of halogens is 4. The second-order valence-electron chi connectivity index (χ2n) is 13.2. The van der Waals surface area contributed by atoms with Gasteiger partial charge >= 0.3 is 5.97 Å². The number of hydrogen-bond acceptors (Lipinski definition) is 5. The van der Waals surface area contributed by atoms with Gasteiger partial charge in [-0.1, -0.05) is 36.4 Å². The first-order chi connectivity index (χ1) is 22.1. The molecule has 6 nitrogen and oxygen atoms in total. The van der Waals surface area contributed by atoms with Gasteiger partial charge in [0.2, 0.25) is 0 Å². The lowest BCUT2D eigenvalue weighted by Gasteiger charge is -2.42. The van der Waals surface area contributed by atoms with Crippen LogP contribution in [0.4, 0.5) is 23.2 Å². The lowest BCUT2D eigenvalue weighted by molar-refractivity contribution is -0.138. The van der Waals surface area contributed by atoms with E-state index in [2.05, 4.69) is 0 Å². The highest BCUT2D eigenvalue weighted by Gasteiger charge is 2.41. The highest BCUT2D eigenvalue weighted by Crippen LogP contribution is 2.44. The Kier molecular flexibility index (Phi) is 9.57. The van der Waals surface area contributed by atoms with Crippen molar-refractivity contribution in [1.82, 2.24) is 9.80 Å². The number of fused-ring (bicyclic) bond motifs is 1. The molecule has 10 heteroatoms. The van der Waals surface area contributed by atoms with Crippen molar-refractivity contribution in [3.63, 3.8) is 0 Å². The Morgan fingerprint density at radius 3 is 2.46 bits per heavy atom. The first-order valence-electron chi connectivity index (χ1n) is 16.1. The minimum absolute atomic E-state index is 0.00259. The van der Waals surface area contributed by atoms with Crippen LogP contribution < -0.4 is 9.64 Å². The predicted octanol–water partition coefficient (Wildman–Crippen LogP) is 6.91. The Bertz CT molecular complexity index is 1520. The normalized spacial score (nSPS) is 23.9. The van der Waals surface area contributed by atoms with Crippen LogP contribution in [0.1, 0.15) is 60.9 Å². The van der Waals surface area contributed by atoms with E-state index in [1.165, 1.54) is 17.0 Å². The van der Waals surface area contributed by atoms with E-state index in [4.69, 9.17) is 4.74 Å². The van der Waals surface area contributed by atoms with Gasteiger partial charge in [0.05, 0.1) is 19.1 Å². The van der Waals surface area contributed by atoms with E-state index in [-0.39, 0.29) is 23.6 Å². The van der Waals surface area contributed by atoms with Crippen molar-refractivity contribution in [3.05, 3.63) is 94.6 Å².